The SMILES string of the molecule is Cc1cn(CCNS(=O)(=O)c2ccc(F)cc2)c2cc(-c3noc(C(F)(F)F)n3)ccc12. The molecule has 0 aliphatic rings. The molecule has 2 aromatic heterocycles. The van der Waals surface area contributed by atoms with Crippen LogP contribution in [0, 0.1) is 12.7 Å². The highest BCUT2D eigenvalue weighted by molar-refractivity contribution is 7.89. The van der Waals surface area contributed by atoms with Crippen molar-refractivity contribution in [2.45, 2.75) is 24.5 Å². The third kappa shape index (κ3) is 4.36. The quantitative estimate of drug-likeness (QED) is 0.430. The molecule has 4 rings (SSSR count). The molecule has 0 bridgehead atoms. The third-order valence-electron chi connectivity index (χ3n) is 4.78. The van der Waals surface area contributed by atoms with E-state index in [1.165, 1.54) is 12.1 Å². The Morgan fingerprint density at radius 2 is 1.84 bits per heavy atom. The zero-order valence-corrected chi connectivity index (χ0v) is 17.3. The van der Waals surface area contributed by atoms with Crippen molar-refractivity contribution < 1.29 is 30.5 Å². The first-order valence-electron chi connectivity index (χ1n) is 9.30. The van der Waals surface area contributed by atoms with Crippen molar-refractivity contribution in [3.8, 4) is 11.4 Å². The molecule has 2 aromatic carbocycles. The van der Waals surface area contributed by atoms with Gasteiger partial charge in [-0.2, -0.15) is 18.2 Å². The second-order valence-electron chi connectivity index (χ2n) is 7.01. The average Bonchev–Trinajstić information content (AvgIpc) is 3.34. The zero-order chi connectivity index (χ0) is 23.1. The van der Waals surface area contributed by atoms with Gasteiger partial charge in [0.15, 0.2) is 0 Å². The molecule has 4 aromatic rings. The molecule has 1 N–H and O–H groups in total. The number of rotatable bonds is 6. The normalized spacial score (nSPS) is 12.5. The first-order chi connectivity index (χ1) is 15.0. The van der Waals surface area contributed by atoms with Crippen LogP contribution in [0.1, 0.15) is 11.5 Å². The van der Waals surface area contributed by atoms with Crippen LogP contribution >= 0.6 is 0 Å². The van der Waals surface area contributed by atoms with Gasteiger partial charge in [0, 0.05) is 35.8 Å². The number of fused-ring (bicyclic) bond motifs is 1. The first kappa shape index (κ1) is 22.0. The topological polar surface area (TPSA) is 90.0 Å². The highest BCUT2D eigenvalue weighted by Gasteiger charge is 2.38. The lowest BCUT2D eigenvalue weighted by Gasteiger charge is -2.09. The number of halogens is 4. The summed E-state index contributed by atoms with van der Waals surface area (Å²) in [4.78, 5) is 3.34. The van der Waals surface area contributed by atoms with E-state index >= 15 is 0 Å². The summed E-state index contributed by atoms with van der Waals surface area (Å²) in [5, 5.41) is 4.24. The molecule has 0 unspecified atom stereocenters. The molecule has 0 fully saturated rings. The molecule has 168 valence electrons. The van der Waals surface area contributed by atoms with Crippen LogP contribution in [0.15, 0.2) is 58.1 Å². The number of hydrogen-bond donors (Lipinski definition) is 1. The largest absolute Gasteiger partial charge is 0.471 e. The van der Waals surface area contributed by atoms with Crippen LogP contribution in [-0.2, 0) is 22.7 Å². The molecular formula is C20H16F4N4O3S. The van der Waals surface area contributed by atoms with Crippen molar-refractivity contribution in [2.24, 2.45) is 0 Å². The van der Waals surface area contributed by atoms with Gasteiger partial charge in [-0.25, -0.2) is 17.5 Å². The molecular weight excluding hydrogens is 452 g/mol. The minimum atomic E-state index is -4.74. The van der Waals surface area contributed by atoms with E-state index in [-0.39, 0.29) is 23.8 Å². The molecule has 0 saturated heterocycles. The van der Waals surface area contributed by atoms with Gasteiger partial charge in [-0.15, -0.1) is 0 Å². The van der Waals surface area contributed by atoms with Crippen molar-refractivity contribution in [3.05, 3.63) is 65.9 Å². The van der Waals surface area contributed by atoms with Gasteiger partial charge in [-0.1, -0.05) is 17.3 Å². The molecule has 0 spiro atoms. The Labute approximate surface area is 179 Å². The standard InChI is InChI=1S/C20H16F4N4O3S/c1-12-11-28(9-8-25-32(29,30)15-5-3-14(21)4-6-15)17-10-13(2-7-16(12)17)18-26-19(31-27-18)20(22,23)24/h2-7,10-11,25H,8-9H2,1H3. The maximum absolute atomic E-state index is 13.0. The third-order valence-corrected chi connectivity index (χ3v) is 6.25. The summed E-state index contributed by atoms with van der Waals surface area (Å²) in [5.74, 6) is -2.19. The van der Waals surface area contributed by atoms with E-state index in [1.807, 2.05) is 6.92 Å². The Hall–Kier alpha value is -3.25. The van der Waals surface area contributed by atoms with Gasteiger partial charge in [0.1, 0.15) is 5.82 Å². The van der Waals surface area contributed by atoms with E-state index < -0.39 is 27.9 Å². The van der Waals surface area contributed by atoms with E-state index in [4.69, 9.17) is 0 Å². The fourth-order valence-electron chi connectivity index (χ4n) is 3.25. The highest BCUT2D eigenvalue weighted by atomic mass is 32.2. The maximum atomic E-state index is 13.0. The number of nitrogens with one attached hydrogen (secondary N) is 1. The van der Waals surface area contributed by atoms with Crippen molar-refractivity contribution >= 4 is 20.9 Å². The predicted octanol–water partition coefficient (Wildman–Crippen LogP) is 4.14. The van der Waals surface area contributed by atoms with Gasteiger partial charge in [0.25, 0.3) is 0 Å². The summed E-state index contributed by atoms with van der Waals surface area (Å²) < 4.78 is 84.5. The van der Waals surface area contributed by atoms with Crippen molar-refractivity contribution in [3.63, 3.8) is 0 Å². The Balaban J connectivity index is 1.56. The van der Waals surface area contributed by atoms with Crippen LogP contribution in [0.25, 0.3) is 22.3 Å². The molecule has 0 aliphatic carbocycles. The molecule has 0 atom stereocenters. The Bertz CT molecular complexity index is 1380. The van der Waals surface area contributed by atoms with Crippen molar-refractivity contribution in [1.29, 1.82) is 0 Å². The lowest BCUT2D eigenvalue weighted by molar-refractivity contribution is -0.159. The van der Waals surface area contributed by atoms with E-state index in [0.717, 1.165) is 23.1 Å². The fourth-order valence-corrected chi connectivity index (χ4v) is 4.27. The number of alkyl halides is 3. The number of sulfonamides is 1. The molecule has 2 heterocycles. The molecule has 32 heavy (non-hydrogen) atoms. The predicted molar refractivity (Wildman–Crippen MR) is 107 cm³/mol. The van der Waals surface area contributed by atoms with Gasteiger partial charge in [-0.3, -0.25) is 0 Å². The van der Waals surface area contributed by atoms with Crippen LogP contribution in [0.5, 0.6) is 0 Å². The van der Waals surface area contributed by atoms with Gasteiger partial charge < -0.3 is 9.09 Å². The Morgan fingerprint density at radius 1 is 1.12 bits per heavy atom. The summed E-state index contributed by atoms with van der Waals surface area (Å²) in [6.07, 6.45) is -2.94. The summed E-state index contributed by atoms with van der Waals surface area (Å²) in [6, 6.07) is 9.37. The van der Waals surface area contributed by atoms with E-state index in [1.54, 1.807) is 29.0 Å². The van der Waals surface area contributed by atoms with E-state index in [2.05, 4.69) is 19.4 Å². The minimum Gasteiger partial charge on any atom is -0.346 e. The van der Waals surface area contributed by atoms with Crippen LogP contribution in [0.2, 0.25) is 0 Å². The van der Waals surface area contributed by atoms with Crippen LogP contribution in [0.3, 0.4) is 0 Å². The summed E-state index contributed by atoms with van der Waals surface area (Å²) in [6.45, 7) is 2.14. The van der Waals surface area contributed by atoms with Gasteiger partial charge in [0.05, 0.1) is 4.90 Å². The molecule has 7 nitrogen and oxygen atoms in total. The van der Waals surface area contributed by atoms with Crippen LogP contribution in [-0.4, -0.2) is 29.7 Å². The monoisotopic (exact) mass is 468 g/mol. The molecule has 0 radical (unpaired) electrons. The molecule has 0 saturated carbocycles. The van der Waals surface area contributed by atoms with Gasteiger partial charge in [0.2, 0.25) is 15.8 Å². The number of benzene rings is 2. The minimum absolute atomic E-state index is 0.0353. The zero-order valence-electron chi connectivity index (χ0n) is 16.5. The second-order valence-corrected chi connectivity index (χ2v) is 8.78. The van der Waals surface area contributed by atoms with Crippen molar-refractivity contribution in [2.75, 3.05) is 6.54 Å². The highest BCUT2D eigenvalue weighted by Crippen LogP contribution is 2.31. The molecule has 0 amide bonds. The number of aryl methyl sites for hydroxylation is 1. The fraction of sp³-hybridized carbons (Fsp3) is 0.200. The maximum Gasteiger partial charge on any atom is 0.471 e. The Morgan fingerprint density at radius 3 is 2.50 bits per heavy atom. The smallest absolute Gasteiger partial charge is 0.346 e. The number of hydrogen-bond acceptors (Lipinski definition) is 5. The summed E-state index contributed by atoms with van der Waals surface area (Å²) in [7, 11) is -3.82. The lowest BCUT2D eigenvalue weighted by atomic mass is 10.1. The Kier molecular flexibility index (Phi) is 5.51. The van der Waals surface area contributed by atoms with Crippen LogP contribution < -0.4 is 4.72 Å². The first-order valence-corrected chi connectivity index (χ1v) is 10.8. The average molecular weight is 468 g/mol. The van der Waals surface area contributed by atoms with E-state index in [9.17, 15) is 26.0 Å². The van der Waals surface area contributed by atoms with Gasteiger partial charge >= 0.3 is 12.1 Å². The summed E-state index contributed by atoms with van der Waals surface area (Å²) >= 11 is 0. The number of nitrogens with zero attached hydrogens (tertiary/aromatic N) is 3. The lowest BCUT2D eigenvalue weighted by Crippen LogP contribution is -2.27. The molecule has 12 heteroatoms. The number of aromatic nitrogens is 3. The van der Waals surface area contributed by atoms with E-state index in [0.29, 0.717) is 11.1 Å². The molecule has 0 aliphatic heterocycles. The summed E-state index contributed by atoms with van der Waals surface area (Å²) in [5.41, 5.74) is 1.89. The van der Waals surface area contributed by atoms with Crippen molar-refractivity contribution in [1.82, 2.24) is 19.4 Å². The second kappa shape index (κ2) is 8.02. The van der Waals surface area contributed by atoms with Gasteiger partial charge in [-0.05, 0) is 42.8 Å². The van der Waals surface area contributed by atoms with Crippen LogP contribution in [0.4, 0.5) is 17.6 Å².